The molecule has 34 heavy (non-hydrogen) atoms. The molecule has 0 amide bonds. The van der Waals surface area contributed by atoms with Crippen molar-refractivity contribution in [1.82, 2.24) is 0 Å². The molecule has 0 fully saturated rings. The summed E-state index contributed by atoms with van der Waals surface area (Å²) in [5, 5.41) is 0. The molecule has 0 aromatic heterocycles. The Morgan fingerprint density at radius 3 is 1.56 bits per heavy atom. The number of rotatable bonds is 8. The third-order valence-corrected chi connectivity index (χ3v) is 5.70. The number of Topliss-reactive ketones (excluding diaryl/α,β-unsaturated/α-hetero) is 3. The first-order valence-electron chi connectivity index (χ1n) is 11.9. The Morgan fingerprint density at radius 1 is 0.706 bits per heavy atom. The Kier molecular flexibility index (Phi) is 10.1. The molecular formula is C31H36O3. The zero-order chi connectivity index (χ0) is 25.1. The molecule has 0 aliphatic rings. The minimum absolute atomic E-state index is 0.114. The highest BCUT2D eigenvalue weighted by molar-refractivity contribution is 6.16. The van der Waals surface area contributed by atoms with Crippen LogP contribution in [0.15, 0.2) is 84.9 Å². The van der Waals surface area contributed by atoms with Crippen LogP contribution in [0.5, 0.6) is 0 Å². The van der Waals surface area contributed by atoms with E-state index in [-0.39, 0.29) is 17.3 Å². The van der Waals surface area contributed by atoms with Gasteiger partial charge in [0.05, 0.1) is 5.92 Å². The molecule has 0 aliphatic heterocycles. The van der Waals surface area contributed by atoms with Gasteiger partial charge in [-0.15, -0.1) is 0 Å². The first kappa shape index (κ1) is 26.9. The lowest BCUT2D eigenvalue weighted by Gasteiger charge is -2.28. The Labute approximate surface area is 204 Å². The van der Waals surface area contributed by atoms with Crippen LogP contribution in [0.4, 0.5) is 0 Å². The highest BCUT2D eigenvalue weighted by Gasteiger charge is 2.38. The maximum absolute atomic E-state index is 12.8. The molecule has 0 radical (unpaired) electrons. The summed E-state index contributed by atoms with van der Waals surface area (Å²) in [7, 11) is 0. The van der Waals surface area contributed by atoms with Crippen LogP contribution in [0.25, 0.3) is 0 Å². The van der Waals surface area contributed by atoms with Gasteiger partial charge in [-0.3, -0.25) is 14.4 Å². The molecule has 3 nitrogen and oxygen atoms in total. The van der Waals surface area contributed by atoms with Gasteiger partial charge >= 0.3 is 0 Å². The van der Waals surface area contributed by atoms with Crippen molar-refractivity contribution in [2.24, 2.45) is 11.3 Å². The van der Waals surface area contributed by atoms with Crippen molar-refractivity contribution < 1.29 is 14.4 Å². The van der Waals surface area contributed by atoms with Crippen molar-refractivity contribution in [2.75, 3.05) is 0 Å². The van der Waals surface area contributed by atoms with E-state index in [0.717, 1.165) is 18.4 Å². The van der Waals surface area contributed by atoms with Gasteiger partial charge in [0.15, 0.2) is 17.3 Å². The predicted octanol–water partition coefficient (Wildman–Crippen LogP) is 7.65. The van der Waals surface area contributed by atoms with Gasteiger partial charge in [0, 0.05) is 16.7 Å². The molecule has 0 unspecified atom stereocenters. The summed E-state index contributed by atoms with van der Waals surface area (Å²) in [5.41, 5.74) is 2.82. The summed E-state index contributed by atoms with van der Waals surface area (Å²) in [6.07, 6.45) is 3.35. The second-order valence-corrected chi connectivity index (χ2v) is 9.58. The summed E-state index contributed by atoms with van der Waals surface area (Å²) in [6.45, 7) is 9.58. The molecule has 3 aromatic rings. The second kappa shape index (κ2) is 12.8. The number of ketones is 3. The first-order valence-corrected chi connectivity index (χ1v) is 11.9. The molecule has 0 aliphatic carbocycles. The van der Waals surface area contributed by atoms with Crippen molar-refractivity contribution in [2.45, 2.75) is 53.9 Å². The van der Waals surface area contributed by atoms with Crippen LogP contribution in [-0.2, 0) is 6.42 Å². The zero-order valence-electron chi connectivity index (χ0n) is 21.0. The molecule has 0 bridgehead atoms. The standard InChI is InChI=1S/C19H20O2.C12H16O/c1-19(2,3)16(17(20)14-10-6-4-7-11-14)18(21)15-12-8-5-9-13-15;1-3-4-7-11-8-5-6-9-12(11)10(2)13/h4-13,16H,1-3H3;5-6,8-9H,3-4,7H2,1-2H3. The fourth-order valence-electron chi connectivity index (χ4n) is 3.89. The number of benzene rings is 3. The summed E-state index contributed by atoms with van der Waals surface area (Å²) >= 11 is 0. The van der Waals surface area contributed by atoms with Crippen LogP contribution in [0.2, 0.25) is 0 Å². The van der Waals surface area contributed by atoms with Gasteiger partial charge in [-0.1, -0.05) is 119 Å². The quantitative estimate of drug-likeness (QED) is 0.258. The van der Waals surface area contributed by atoms with E-state index in [1.54, 1.807) is 31.2 Å². The predicted molar refractivity (Wildman–Crippen MR) is 140 cm³/mol. The number of hydrogen-bond acceptors (Lipinski definition) is 3. The third-order valence-electron chi connectivity index (χ3n) is 5.70. The largest absolute Gasteiger partial charge is 0.295 e. The Balaban J connectivity index is 0.000000270. The maximum atomic E-state index is 12.8. The zero-order valence-corrected chi connectivity index (χ0v) is 21.0. The lowest BCUT2D eigenvalue weighted by atomic mass is 9.72. The second-order valence-electron chi connectivity index (χ2n) is 9.58. The van der Waals surface area contributed by atoms with Gasteiger partial charge in [0.2, 0.25) is 0 Å². The van der Waals surface area contributed by atoms with E-state index < -0.39 is 11.3 Å². The molecule has 3 heteroatoms. The van der Waals surface area contributed by atoms with Crippen molar-refractivity contribution >= 4 is 17.3 Å². The van der Waals surface area contributed by atoms with E-state index in [9.17, 15) is 14.4 Å². The monoisotopic (exact) mass is 456 g/mol. The number of unbranched alkanes of at least 4 members (excludes halogenated alkanes) is 1. The van der Waals surface area contributed by atoms with Crippen molar-refractivity contribution in [3.8, 4) is 0 Å². The molecular weight excluding hydrogens is 420 g/mol. The average molecular weight is 457 g/mol. The molecule has 0 spiro atoms. The van der Waals surface area contributed by atoms with E-state index in [1.807, 2.05) is 81.4 Å². The van der Waals surface area contributed by atoms with Crippen LogP contribution in [0.3, 0.4) is 0 Å². The third kappa shape index (κ3) is 7.62. The van der Waals surface area contributed by atoms with Crippen LogP contribution in [-0.4, -0.2) is 17.3 Å². The molecule has 3 aromatic carbocycles. The molecule has 0 N–H and O–H groups in total. The van der Waals surface area contributed by atoms with Gasteiger partial charge in [-0.05, 0) is 30.7 Å². The number of hydrogen-bond donors (Lipinski definition) is 0. The normalized spacial score (nSPS) is 10.9. The fourth-order valence-corrected chi connectivity index (χ4v) is 3.89. The van der Waals surface area contributed by atoms with Crippen LogP contribution < -0.4 is 0 Å². The Bertz CT molecular complexity index is 1020. The van der Waals surface area contributed by atoms with Gasteiger partial charge in [0.25, 0.3) is 0 Å². The lowest BCUT2D eigenvalue weighted by Crippen LogP contribution is -2.35. The molecule has 178 valence electrons. The minimum atomic E-state index is -0.678. The summed E-state index contributed by atoms with van der Waals surface area (Å²) < 4.78 is 0. The number of aryl methyl sites for hydroxylation is 1. The SMILES string of the molecule is CC(C)(C)C(C(=O)c1ccccc1)C(=O)c1ccccc1.CCCCc1ccccc1C(C)=O. The summed E-state index contributed by atoms with van der Waals surface area (Å²) in [6, 6.07) is 25.9. The van der Waals surface area contributed by atoms with Crippen LogP contribution in [0, 0.1) is 11.3 Å². The van der Waals surface area contributed by atoms with Crippen molar-refractivity contribution in [3.63, 3.8) is 0 Å². The highest BCUT2D eigenvalue weighted by Crippen LogP contribution is 2.32. The van der Waals surface area contributed by atoms with Crippen LogP contribution >= 0.6 is 0 Å². The lowest BCUT2D eigenvalue weighted by molar-refractivity contribution is 0.0693. The molecule has 3 rings (SSSR count). The van der Waals surface area contributed by atoms with Gasteiger partial charge in [0.1, 0.15) is 0 Å². The van der Waals surface area contributed by atoms with Gasteiger partial charge in [-0.2, -0.15) is 0 Å². The molecule has 0 heterocycles. The van der Waals surface area contributed by atoms with Gasteiger partial charge < -0.3 is 0 Å². The van der Waals surface area contributed by atoms with E-state index in [2.05, 4.69) is 6.92 Å². The van der Waals surface area contributed by atoms with Crippen molar-refractivity contribution in [1.29, 1.82) is 0 Å². The van der Waals surface area contributed by atoms with Crippen LogP contribution in [0.1, 0.15) is 84.1 Å². The van der Waals surface area contributed by atoms with E-state index >= 15 is 0 Å². The Morgan fingerprint density at radius 2 is 1.15 bits per heavy atom. The smallest absolute Gasteiger partial charge is 0.174 e. The number of carbonyl (C=O) groups excluding carboxylic acids is 3. The van der Waals surface area contributed by atoms with E-state index in [4.69, 9.17) is 0 Å². The average Bonchev–Trinajstić information content (AvgIpc) is 2.83. The summed E-state index contributed by atoms with van der Waals surface area (Å²) in [5.74, 6) is -0.733. The first-order chi connectivity index (χ1) is 16.2. The number of carbonyl (C=O) groups is 3. The van der Waals surface area contributed by atoms with Crippen molar-refractivity contribution in [3.05, 3.63) is 107 Å². The maximum Gasteiger partial charge on any atom is 0.174 e. The fraction of sp³-hybridized carbons (Fsp3) is 0.323. The van der Waals surface area contributed by atoms with E-state index in [0.29, 0.717) is 11.1 Å². The summed E-state index contributed by atoms with van der Waals surface area (Å²) in [4.78, 5) is 36.8. The van der Waals surface area contributed by atoms with E-state index in [1.165, 1.54) is 12.0 Å². The Hall–Kier alpha value is -3.33. The molecule has 0 saturated carbocycles. The highest BCUT2D eigenvalue weighted by atomic mass is 16.2. The molecule has 0 saturated heterocycles. The molecule has 0 atom stereocenters. The van der Waals surface area contributed by atoms with Gasteiger partial charge in [-0.25, -0.2) is 0 Å². The topological polar surface area (TPSA) is 51.2 Å². The minimum Gasteiger partial charge on any atom is -0.295 e.